The molecular weight excluding hydrogens is 262 g/mol. The third kappa shape index (κ3) is 2.38. The van der Waals surface area contributed by atoms with Gasteiger partial charge in [0.05, 0.1) is 11.3 Å². The molecule has 104 valence electrons. The van der Waals surface area contributed by atoms with Gasteiger partial charge in [0.2, 0.25) is 10.9 Å². The number of nitrogens with one attached hydrogen (secondary N) is 1. The highest BCUT2D eigenvalue weighted by atomic mass is 16.2. The van der Waals surface area contributed by atoms with Crippen molar-refractivity contribution in [1.82, 2.24) is 0 Å². The van der Waals surface area contributed by atoms with Gasteiger partial charge in [0, 0.05) is 6.04 Å². The second-order valence-electron chi connectivity index (χ2n) is 5.05. The Hall–Kier alpha value is -2.68. The van der Waals surface area contributed by atoms with Crippen molar-refractivity contribution in [3.8, 4) is 11.1 Å². The van der Waals surface area contributed by atoms with E-state index in [0.29, 0.717) is 11.3 Å². The molecule has 0 unspecified atom stereocenters. The Labute approximate surface area is 122 Å². The molecule has 0 aliphatic heterocycles. The molecular formula is C18H15NO2. The van der Waals surface area contributed by atoms with Gasteiger partial charge in [-0.15, -0.1) is 0 Å². The molecule has 3 aromatic carbocycles. The number of hydrogen-bond donors (Lipinski definition) is 1. The molecule has 21 heavy (non-hydrogen) atoms. The van der Waals surface area contributed by atoms with Crippen LogP contribution in [0.2, 0.25) is 0 Å². The molecule has 0 saturated heterocycles. The quantitative estimate of drug-likeness (QED) is 0.745. The number of benzene rings is 2. The molecule has 3 nitrogen and oxygen atoms in total. The summed E-state index contributed by atoms with van der Waals surface area (Å²) in [7, 11) is 0. The van der Waals surface area contributed by atoms with Crippen LogP contribution in [0.5, 0.6) is 0 Å². The Kier molecular flexibility index (Phi) is 3.40. The summed E-state index contributed by atoms with van der Waals surface area (Å²) in [6.07, 6.45) is 0. The summed E-state index contributed by atoms with van der Waals surface area (Å²) >= 11 is 0. The van der Waals surface area contributed by atoms with Crippen molar-refractivity contribution in [2.24, 2.45) is 0 Å². The lowest BCUT2D eigenvalue weighted by atomic mass is 9.97. The highest BCUT2D eigenvalue weighted by Gasteiger charge is 2.23. The molecule has 0 aliphatic rings. The average molecular weight is 277 g/mol. The van der Waals surface area contributed by atoms with E-state index in [-0.39, 0.29) is 6.04 Å². The molecule has 0 fully saturated rings. The lowest BCUT2D eigenvalue weighted by Crippen LogP contribution is -2.36. The van der Waals surface area contributed by atoms with Crippen LogP contribution in [0.25, 0.3) is 11.1 Å². The van der Waals surface area contributed by atoms with Crippen LogP contribution in [0.15, 0.2) is 70.3 Å². The number of hydrogen-bond acceptors (Lipinski definition) is 3. The van der Waals surface area contributed by atoms with Gasteiger partial charge in [-0.25, -0.2) is 0 Å². The first-order chi connectivity index (χ1) is 10.2. The molecule has 1 atom stereocenters. The van der Waals surface area contributed by atoms with Crippen LogP contribution in [-0.4, -0.2) is 0 Å². The van der Waals surface area contributed by atoms with E-state index in [2.05, 4.69) is 5.32 Å². The molecule has 0 aromatic heterocycles. The van der Waals surface area contributed by atoms with Crippen LogP contribution in [-0.2, 0) is 0 Å². The number of rotatable bonds is 4. The first-order valence-electron chi connectivity index (χ1n) is 6.88. The fourth-order valence-corrected chi connectivity index (χ4v) is 2.45. The topological polar surface area (TPSA) is 46.2 Å². The lowest BCUT2D eigenvalue weighted by Gasteiger charge is -2.19. The second-order valence-corrected chi connectivity index (χ2v) is 5.05. The zero-order valence-corrected chi connectivity index (χ0v) is 11.7. The van der Waals surface area contributed by atoms with E-state index >= 15 is 0 Å². The molecule has 0 amide bonds. The van der Waals surface area contributed by atoms with E-state index in [0.717, 1.165) is 11.1 Å². The third-order valence-corrected chi connectivity index (χ3v) is 3.63. The van der Waals surface area contributed by atoms with Gasteiger partial charge >= 0.3 is 0 Å². The van der Waals surface area contributed by atoms with E-state index in [1.807, 2.05) is 67.6 Å². The highest BCUT2D eigenvalue weighted by Crippen LogP contribution is 2.26. The lowest BCUT2D eigenvalue weighted by molar-refractivity contribution is 0.880. The van der Waals surface area contributed by atoms with Gasteiger partial charge in [0.1, 0.15) is 0 Å². The monoisotopic (exact) mass is 277 g/mol. The largest absolute Gasteiger partial charge is 0.375 e. The molecule has 0 spiro atoms. The Bertz CT molecular complexity index is 815. The predicted octanol–water partition coefficient (Wildman–Crippen LogP) is 3.12. The fourth-order valence-electron chi connectivity index (χ4n) is 2.45. The van der Waals surface area contributed by atoms with Gasteiger partial charge in [0.25, 0.3) is 0 Å². The van der Waals surface area contributed by atoms with Crippen LogP contribution in [0.4, 0.5) is 5.69 Å². The van der Waals surface area contributed by atoms with Crippen molar-refractivity contribution >= 4 is 5.69 Å². The van der Waals surface area contributed by atoms with Crippen molar-refractivity contribution in [1.29, 1.82) is 0 Å². The van der Waals surface area contributed by atoms with Crippen LogP contribution >= 0.6 is 0 Å². The van der Waals surface area contributed by atoms with Crippen molar-refractivity contribution in [3.63, 3.8) is 0 Å². The number of anilines is 1. The standard InChI is InChI=1S/C18H15NO2/c1-12(13-8-4-2-5-9-13)19-16-15(17(20)18(16)21)14-10-6-3-7-11-14/h2-12,19H,1H3/t12-/m0/s1. The van der Waals surface area contributed by atoms with Crippen molar-refractivity contribution in [2.45, 2.75) is 13.0 Å². The van der Waals surface area contributed by atoms with Gasteiger partial charge in [0.15, 0.2) is 0 Å². The molecule has 1 N–H and O–H groups in total. The minimum Gasteiger partial charge on any atom is -0.375 e. The average Bonchev–Trinajstić information content (AvgIpc) is 2.55. The summed E-state index contributed by atoms with van der Waals surface area (Å²) in [4.78, 5) is 23.7. The van der Waals surface area contributed by atoms with Gasteiger partial charge < -0.3 is 5.32 Å². The molecule has 3 heteroatoms. The van der Waals surface area contributed by atoms with E-state index < -0.39 is 10.9 Å². The minimum atomic E-state index is -0.434. The zero-order chi connectivity index (χ0) is 14.8. The fraction of sp³-hybridized carbons (Fsp3) is 0.111. The molecule has 0 heterocycles. The molecule has 0 bridgehead atoms. The predicted molar refractivity (Wildman–Crippen MR) is 85.3 cm³/mol. The second kappa shape index (κ2) is 5.37. The normalized spacial score (nSPS) is 12.2. The van der Waals surface area contributed by atoms with Crippen LogP contribution in [0, 0.1) is 0 Å². The Balaban J connectivity index is 1.93. The summed E-state index contributed by atoms with van der Waals surface area (Å²) in [5.74, 6) is 0. The molecule has 0 aliphatic carbocycles. The summed E-state index contributed by atoms with van der Waals surface area (Å²) in [5.41, 5.74) is 1.92. The van der Waals surface area contributed by atoms with E-state index in [1.54, 1.807) is 0 Å². The van der Waals surface area contributed by atoms with Gasteiger partial charge in [-0.2, -0.15) is 0 Å². The van der Waals surface area contributed by atoms with E-state index in [9.17, 15) is 9.59 Å². The Morgan fingerprint density at radius 1 is 0.810 bits per heavy atom. The summed E-state index contributed by atoms with van der Waals surface area (Å²) < 4.78 is 0. The van der Waals surface area contributed by atoms with E-state index in [4.69, 9.17) is 0 Å². The van der Waals surface area contributed by atoms with Crippen LogP contribution in [0.3, 0.4) is 0 Å². The van der Waals surface area contributed by atoms with Gasteiger partial charge in [-0.1, -0.05) is 60.7 Å². The van der Waals surface area contributed by atoms with Crippen molar-refractivity contribution in [2.75, 3.05) is 5.32 Å². The zero-order valence-electron chi connectivity index (χ0n) is 11.7. The molecule has 3 aromatic rings. The molecule has 0 saturated carbocycles. The maximum absolute atomic E-state index is 11.8. The third-order valence-electron chi connectivity index (χ3n) is 3.63. The highest BCUT2D eigenvalue weighted by molar-refractivity contribution is 5.82. The Morgan fingerprint density at radius 3 is 2.00 bits per heavy atom. The summed E-state index contributed by atoms with van der Waals surface area (Å²) in [6.45, 7) is 1.97. The van der Waals surface area contributed by atoms with Crippen molar-refractivity contribution in [3.05, 3.63) is 86.7 Å². The van der Waals surface area contributed by atoms with Crippen molar-refractivity contribution < 1.29 is 0 Å². The summed E-state index contributed by atoms with van der Waals surface area (Å²) in [6, 6.07) is 19.1. The maximum atomic E-state index is 11.8. The SMILES string of the molecule is C[C@H](Nc1c(-c2ccccc2)c(=O)c1=O)c1ccccc1. The van der Waals surface area contributed by atoms with Crippen LogP contribution < -0.4 is 16.2 Å². The van der Waals surface area contributed by atoms with E-state index in [1.165, 1.54) is 0 Å². The first-order valence-corrected chi connectivity index (χ1v) is 6.88. The van der Waals surface area contributed by atoms with Gasteiger partial charge in [-0.3, -0.25) is 9.59 Å². The molecule has 3 rings (SSSR count). The molecule has 0 radical (unpaired) electrons. The smallest absolute Gasteiger partial charge is 0.250 e. The van der Waals surface area contributed by atoms with Gasteiger partial charge in [-0.05, 0) is 18.1 Å². The minimum absolute atomic E-state index is 0.0306. The summed E-state index contributed by atoms with van der Waals surface area (Å²) in [5, 5.41) is 3.17. The maximum Gasteiger partial charge on any atom is 0.250 e. The first kappa shape index (κ1) is 13.3. The van der Waals surface area contributed by atoms with Crippen LogP contribution in [0.1, 0.15) is 18.5 Å². The Morgan fingerprint density at radius 2 is 1.38 bits per heavy atom.